The summed E-state index contributed by atoms with van der Waals surface area (Å²) in [6.07, 6.45) is 0. The van der Waals surface area contributed by atoms with Gasteiger partial charge >= 0.3 is 0 Å². The molecule has 0 radical (unpaired) electrons. The third-order valence-corrected chi connectivity index (χ3v) is 3.31. The second-order valence-corrected chi connectivity index (χ2v) is 4.64. The van der Waals surface area contributed by atoms with Gasteiger partial charge in [-0.3, -0.25) is 14.4 Å². The van der Waals surface area contributed by atoms with Crippen molar-refractivity contribution in [3.8, 4) is 0 Å². The van der Waals surface area contributed by atoms with Crippen LogP contribution >= 0.6 is 0 Å². The largest absolute Gasteiger partial charge is 0.399 e. The Bertz CT molecular complexity index is 781. The van der Waals surface area contributed by atoms with Crippen LogP contribution < -0.4 is 11.5 Å². The maximum absolute atomic E-state index is 12.4. The molecule has 3 rings (SSSR count). The number of nitrogens with two attached hydrogens (primary N) is 2. The fourth-order valence-corrected chi connectivity index (χ4v) is 2.25. The lowest BCUT2D eigenvalue weighted by Gasteiger charge is -2.12. The Hall–Kier alpha value is -3.15. The van der Waals surface area contributed by atoms with Crippen LogP contribution in [0.5, 0.6) is 0 Å². The molecule has 104 valence electrons. The molecular formula is C15H11N3O3. The quantitative estimate of drug-likeness (QED) is 0.605. The minimum Gasteiger partial charge on any atom is -0.399 e. The zero-order valence-electron chi connectivity index (χ0n) is 10.9. The number of amides is 3. The van der Waals surface area contributed by atoms with Crippen molar-refractivity contribution in [3.05, 3.63) is 59.2 Å². The first-order chi connectivity index (χ1) is 10.0. The highest BCUT2D eigenvalue weighted by Gasteiger charge is 2.41. The molecule has 21 heavy (non-hydrogen) atoms. The van der Waals surface area contributed by atoms with Crippen molar-refractivity contribution < 1.29 is 14.4 Å². The average molecular weight is 281 g/mol. The molecule has 1 aliphatic rings. The minimum absolute atomic E-state index is 0.0753. The molecule has 0 aromatic heterocycles. The molecule has 0 saturated heterocycles. The van der Waals surface area contributed by atoms with E-state index in [-0.39, 0.29) is 22.4 Å². The molecule has 0 unspecified atom stereocenters. The van der Waals surface area contributed by atoms with Crippen molar-refractivity contribution in [2.24, 2.45) is 0 Å². The summed E-state index contributed by atoms with van der Waals surface area (Å²) in [5, 5.41) is 0. The van der Waals surface area contributed by atoms with E-state index in [1.807, 2.05) is 0 Å². The van der Waals surface area contributed by atoms with Crippen molar-refractivity contribution in [1.82, 2.24) is 4.90 Å². The van der Waals surface area contributed by atoms with Gasteiger partial charge in [0, 0.05) is 16.9 Å². The molecule has 0 saturated carbocycles. The zero-order valence-corrected chi connectivity index (χ0v) is 10.9. The first kappa shape index (κ1) is 12.9. The van der Waals surface area contributed by atoms with E-state index in [1.165, 1.54) is 36.4 Å². The third kappa shape index (κ3) is 1.85. The minimum atomic E-state index is -0.699. The van der Waals surface area contributed by atoms with Gasteiger partial charge in [-0.05, 0) is 36.4 Å². The predicted octanol–water partition coefficient (Wildman–Crippen LogP) is 1.29. The second-order valence-electron chi connectivity index (χ2n) is 4.64. The van der Waals surface area contributed by atoms with Crippen LogP contribution in [0.3, 0.4) is 0 Å². The van der Waals surface area contributed by atoms with Gasteiger partial charge < -0.3 is 11.5 Å². The van der Waals surface area contributed by atoms with Crippen molar-refractivity contribution in [3.63, 3.8) is 0 Å². The molecular weight excluding hydrogens is 270 g/mol. The molecule has 2 aromatic carbocycles. The average Bonchev–Trinajstić information content (AvgIpc) is 2.72. The number of nitrogen functional groups attached to an aromatic ring is 2. The van der Waals surface area contributed by atoms with Crippen molar-refractivity contribution >= 4 is 29.1 Å². The van der Waals surface area contributed by atoms with E-state index in [1.54, 1.807) is 6.07 Å². The summed E-state index contributed by atoms with van der Waals surface area (Å²) >= 11 is 0. The van der Waals surface area contributed by atoms with E-state index in [4.69, 9.17) is 11.5 Å². The van der Waals surface area contributed by atoms with E-state index >= 15 is 0 Å². The normalized spacial score (nSPS) is 13.4. The van der Waals surface area contributed by atoms with E-state index in [0.717, 1.165) is 0 Å². The number of carbonyl (C=O) groups is 3. The van der Waals surface area contributed by atoms with Crippen LogP contribution in [0.1, 0.15) is 31.1 Å². The molecule has 6 nitrogen and oxygen atoms in total. The SMILES string of the molecule is Nc1ccc(C(=O)N2C(=O)c3cccc(N)c3C2=O)cc1. The number of benzene rings is 2. The maximum atomic E-state index is 12.4. The molecule has 0 aliphatic carbocycles. The monoisotopic (exact) mass is 281 g/mol. The Morgan fingerprint density at radius 3 is 2.19 bits per heavy atom. The highest BCUT2D eigenvalue weighted by atomic mass is 16.2. The lowest BCUT2D eigenvalue weighted by molar-refractivity contribution is 0.0566. The van der Waals surface area contributed by atoms with Crippen LogP contribution in [0.25, 0.3) is 0 Å². The molecule has 1 heterocycles. The number of anilines is 2. The van der Waals surface area contributed by atoms with Gasteiger partial charge in [-0.2, -0.15) is 0 Å². The van der Waals surface area contributed by atoms with Crippen molar-refractivity contribution in [2.45, 2.75) is 0 Å². The van der Waals surface area contributed by atoms with Gasteiger partial charge in [0.1, 0.15) is 0 Å². The molecule has 2 aromatic rings. The number of rotatable bonds is 1. The van der Waals surface area contributed by atoms with Crippen LogP contribution in [0.15, 0.2) is 42.5 Å². The molecule has 1 aliphatic heterocycles. The molecule has 6 heteroatoms. The van der Waals surface area contributed by atoms with E-state index < -0.39 is 17.7 Å². The van der Waals surface area contributed by atoms with Crippen LogP contribution in [-0.4, -0.2) is 22.6 Å². The van der Waals surface area contributed by atoms with E-state index in [9.17, 15) is 14.4 Å². The van der Waals surface area contributed by atoms with Gasteiger partial charge in [0.2, 0.25) is 0 Å². The van der Waals surface area contributed by atoms with Crippen LogP contribution in [0.4, 0.5) is 11.4 Å². The second kappa shape index (κ2) is 4.45. The highest BCUT2D eigenvalue weighted by Crippen LogP contribution is 2.28. The fourth-order valence-electron chi connectivity index (χ4n) is 2.25. The summed E-state index contributed by atoms with van der Waals surface area (Å²) in [5.74, 6) is -2.06. The lowest BCUT2D eigenvalue weighted by Crippen LogP contribution is -2.36. The van der Waals surface area contributed by atoms with E-state index in [0.29, 0.717) is 10.6 Å². The summed E-state index contributed by atoms with van der Waals surface area (Å²) in [6.45, 7) is 0. The maximum Gasteiger partial charge on any atom is 0.270 e. The Kier molecular flexibility index (Phi) is 2.72. The number of fused-ring (bicyclic) bond motifs is 1. The summed E-state index contributed by atoms with van der Waals surface area (Å²) in [7, 11) is 0. The van der Waals surface area contributed by atoms with Gasteiger partial charge in [0.15, 0.2) is 0 Å². The first-order valence-electron chi connectivity index (χ1n) is 6.18. The Morgan fingerprint density at radius 2 is 1.57 bits per heavy atom. The summed E-state index contributed by atoms with van der Waals surface area (Å²) in [4.78, 5) is 37.5. The molecule has 0 bridgehead atoms. The number of carbonyl (C=O) groups excluding carboxylic acids is 3. The predicted molar refractivity (Wildman–Crippen MR) is 76.5 cm³/mol. The number of imide groups is 3. The Balaban J connectivity index is 2.04. The van der Waals surface area contributed by atoms with Gasteiger partial charge in [0.05, 0.1) is 11.1 Å². The first-order valence-corrected chi connectivity index (χ1v) is 6.18. The smallest absolute Gasteiger partial charge is 0.270 e. The zero-order chi connectivity index (χ0) is 15.1. The van der Waals surface area contributed by atoms with Crippen molar-refractivity contribution in [2.75, 3.05) is 11.5 Å². The summed E-state index contributed by atoms with van der Waals surface area (Å²) in [5.41, 5.74) is 12.4. The fraction of sp³-hybridized carbons (Fsp3) is 0. The van der Waals surface area contributed by atoms with Gasteiger partial charge in [-0.1, -0.05) is 6.07 Å². The molecule has 3 amide bonds. The van der Waals surface area contributed by atoms with Crippen LogP contribution in [0, 0.1) is 0 Å². The molecule has 0 atom stereocenters. The Labute approximate surface area is 120 Å². The topological polar surface area (TPSA) is 106 Å². The number of nitrogens with zero attached hydrogens (tertiary/aromatic N) is 1. The van der Waals surface area contributed by atoms with Gasteiger partial charge in [0.25, 0.3) is 17.7 Å². The van der Waals surface area contributed by atoms with Gasteiger partial charge in [-0.25, -0.2) is 4.90 Å². The van der Waals surface area contributed by atoms with Gasteiger partial charge in [-0.15, -0.1) is 0 Å². The van der Waals surface area contributed by atoms with Crippen molar-refractivity contribution in [1.29, 1.82) is 0 Å². The Morgan fingerprint density at radius 1 is 0.905 bits per heavy atom. The summed E-state index contributed by atoms with van der Waals surface area (Å²) in [6, 6.07) is 10.5. The molecule has 4 N–H and O–H groups in total. The molecule has 0 spiro atoms. The number of hydrogen-bond acceptors (Lipinski definition) is 5. The molecule has 0 fully saturated rings. The lowest BCUT2D eigenvalue weighted by atomic mass is 10.1. The van der Waals surface area contributed by atoms with Crippen LogP contribution in [-0.2, 0) is 0 Å². The standard InChI is InChI=1S/C15H11N3O3/c16-9-6-4-8(5-7-9)13(19)18-14(20)10-2-1-3-11(17)12(10)15(18)21/h1-7H,16-17H2. The van der Waals surface area contributed by atoms with E-state index in [2.05, 4.69) is 0 Å². The van der Waals surface area contributed by atoms with Crippen LogP contribution in [0.2, 0.25) is 0 Å². The summed E-state index contributed by atoms with van der Waals surface area (Å²) < 4.78 is 0. The number of hydrogen-bond donors (Lipinski definition) is 2. The third-order valence-electron chi connectivity index (χ3n) is 3.31. The highest BCUT2D eigenvalue weighted by molar-refractivity contribution is 6.32.